The van der Waals surface area contributed by atoms with Crippen LogP contribution in [0.15, 0.2) is 59.7 Å². The first-order chi connectivity index (χ1) is 11.9. The molecule has 0 atom stereocenters. The van der Waals surface area contributed by atoms with Crippen LogP contribution >= 0.6 is 0 Å². The van der Waals surface area contributed by atoms with E-state index in [1.807, 2.05) is 42.6 Å². The second-order valence-corrected chi connectivity index (χ2v) is 5.34. The highest BCUT2D eigenvalue weighted by Gasteiger charge is 2.31. The van der Waals surface area contributed by atoms with Gasteiger partial charge in [0.1, 0.15) is 23.2 Å². The molecule has 24 heavy (non-hydrogen) atoms. The molecule has 0 amide bonds. The fourth-order valence-corrected chi connectivity index (χ4v) is 2.78. The van der Waals surface area contributed by atoms with Crippen molar-refractivity contribution < 1.29 is 14.0 Å². The molecule has 3 aromatic heterocycles. The predicted octanol–water partition coefficient (Wildman–Crippen LogP) is 3.53. The molecule has 1 aliphatic rings. The summed E-state index contributed by atoms with van der Waals surface area (Å²) in [6.45, 7) is 0. The molecule has 0 fully saturated rings. The largest absolute Gasteiger partial charge is 0.446 e. The monoisotopic (exact) mass is 320 g/mol. The number of aromatic amines is 2. The maximum Gasteiger partial charge on any atom is 0.273 e. The Morgan fingerprint density at radius 3 is 2.50 bits per heavy atom. The van der Waals surface area contributed by atoms with Gasteiger partial charge in [-0.05, 0) is 24.3 Å². The third kappa shape index (κ3) is 1.91. The zero-order valence-corrected chi connectivity index (χ0v) is 12.4. The number of imidazole rings is 1. The zero-order chi connectivity index (χ0) is 15.9. The van der Waals surface area contributed by atoms with Gasteiger partial charge in [0.05, 0.1) is 17.7 Å². The molecular weight excluding hydrogens is 308 g/mol. The summed E-state index contributed by atoms with van der Waals surface area (Å²) in [7, 11) is 0. The van der Waals surface area contributed by atoms with E-state index < -0.39 is 6.29 Å². The molecule has 0 unspecified atom stereocenters. The number of hydrogen-bond donors (Lipinski definition) is 2. The van der Waals surface area contributed by atoms with Crippen molar-refractivity contribution in [2.45, 2.75) is 6.29 Å². The van der Waals surface area contributed by atoms with Crippen molar-refractivity contribution >= 4 is 0 Å². The van der Waals surface area contributed by atoms with Gasteiger partial charge in [-0.3, -0.25) is 0 Å². The van der Waals surface area contributed by atoms with Gasteiger partial charge < -0.3 is 24.0 Å². The van der Waals surface area contributed by atoms with Gasteiger partial charge in [-0.25, -0.2) is 4.98 Å². The maximum absolute atomic E-state index is 5.86. The number of rotatable bonds is 3. The highest BCUT2D eigenvalue weighted by atomic mass is 16.7. The van der Waals surface area contributed by atoms with Crippen LogP contribution in [0.5, 0.6) is 11.5 Å². The van der Waals surface area contributed by atoms with Crippen molar-refractivity contribution in [2.24, 2.45) is 0 Å². The Hall–Kier alpha value is -3.48. The lowest BCUT2D eigenvalue weighted by atomic mass is 10.1. The number of fused-ring (bicyclic) bond motifs is 1. The minimum atomic E-state index is -0.608. The van der Waals surface area contributed by atoms with Crippen LogP contribution in [-0.2, 0) is 0 Å². The molecule has 7 heteroatoms. The zero-order valence-electron chi connectivity index (χ0n) is 12.4. The smallest absolute Gasteiger partial charge is 0.273 e. The van der Waals surface area contributed by atoms with E-state index in [0.29, 0.717) is 22.8 Å². The standard InChI is InChI=1S/C17H12N4O3/c1-2-6-13-12(5-1)23-17(24-13)10-8-22-21-14(10)16-15(19-9-20-16)11-4-3-7-18-11/h1-9,17-18H,(H,19,20). The lowest BCUT2D eigenvalue weighted by Crippen LogP contribution is -2.08. The molecule has 4 aromatic rings. The van der Waals surface area contributed by atoms with Crippen LogP contribution in [0.25, 0.3) is 22.8 Å². The van der Waals surface area contributed by atoms with E-state index >= 15 is 0 Å². The van der Waals surface area contributed by atoms with E-state index in [-0.39, 0.29) is 0 Å². The fraction of sp³-hybridized carbons (Fsp3) is 0.0588. The average Bonchev–Trinajstić information content (AvgIpc) is 3.40. The Kier molecular flexibility index (Phi) is 2.72. The number of benzene rings is 1. The summed E-state index contributed by atoms with van der Waals surface area (Å²) in [6.07, 6.45) is 4.39. The number of ether oxygens (including phenoxy) is 2. The second kappa shape index (κ2) is 5.02. The number of nitrogens with one attached hydrogen (secondary N) is 2. The van der Waals surface area contributed by atoms with Crippen molar-refractivity contribution in [3.8, 4) is 34.3 Å². The second-order valence-electron chi connectivity index (χ2n) is 5.34. The molecule has 0 saturated heterocycles. The van der Waals surface area contributed by atoms with Gasteiger partial charge >= 0.3 is 0 Å². The summed E-state index contributed by atoms with van der Waals surface area (Å²) in [4.78, 5) is 10.6. The molecule has 118 valence electrons. The van der Waals surface area contributed by atoms with Crippen LogP contribution in [0.4, 0.5) is 0 Å². The topological polar surface area (TPSA) is 89.0 Å². The van der Waals surface area contributed by atoms with E-state index in [1.54, 1.807) is 6.33 Å². The molecule has 1 aromatic carbocycles. The summed E-state index contributed by atoms with van der Waals surface area (Å²) in [5.41, 5.74) is 3.69. The Balaban J connectivity index is 1.55. The van der Waals surface area contributed by atoms with Crippen molar-refractivity contribution in [1.82, 2.24) is 20.1 Å². The summed E-state index contributed by atoms with van der Waals surface area (Å²) in [6, 6.07) is 11.4. The van der Waals surface area contributed by atoms with Gasteiger partial charge in [0, 0.05) is 6.20 Å². The van der Waals surface area contributed by atoms with Crippen LogP contribution < -0.4 is 9.47 Å². The first-order valence-electron chi connectivity index (χ1n) is 7.44. The van der Waals surface area contributed by atoms with Crippen LogP contribution in [0.2, 0.25) is 0 Å². The molecule has 2 N–H and O–H groups in total. The van der Waals surface area contributed by atoms with Crippen molar-refractivity contribution in [2.75, 3.05) is 0 Å². The quantitative estimate of drug-likeness (QED) is 0.603. The van der Waals surface area contributed by atoms with Gasteiger partial charge in [0.25, 0.3) is 6.29 Å². The molecule has 0 radical (unpaired) electrons. The number of para-hydroxylation sites is 2. The van der Waals surface area contributed by atoms with Crippen molar-refractivity contribution in [1.29, 1.82) is 0 Å². The SMILES string of the molecule is c1c[nH]c(-c2nc[nH]c2-c2nocc2C2Oc3ccccc3O2)c1. The third-order valence-corrected chi connectivity index (χ3v) is 3.90. The van der Waals surface area contributed by atoms with Crippen LogP contribution in [-0.4, -0.2) is 20.1 Å². The third-order valence-electron chi connectivity index (χ3n) is 3.90. The summed E-state index contributed by atoms with van der Waals surface area (Å²) >= 11 is 0. The highest BCUT2D eigenvalue weighted by Crippen LogP contribution is 2.42. The first-order valence-corrected chi connectivity index (χ1v) is 7.44. The summed E-state index contributed by atoms with van der Waals surface area (Å²) in [5, 5.41) is 4.12. The maximum atomic E-state index is 5.86. The summed E-state index contributed by atoms with van der Waals surface area (Å²) < 4.78 is 16.9. The molecule has 0 spiro atoms. The van der Waals surface area contributed by atoms with E-state index in [0.717, 1.165) is 17.1 Å². The van der Waals surface area contributed by atoms with Gasteiger partial charge in [-0.2, -0.15) is 0 Å². The lowest BCUT2D eigenvalue weighted by molar-refractivity contribution is 0.0486. The molecule has 7 nitrogen and oxygen atoms in total. The fourth-order valence-electron chi connectivity index (χ4n) is 2.78. The minimum absolute atomic E-state index is 0.606. The normalized spacial score (nSPS) is 13.5. The lowest BCUT2D eigenvalue weighted by Gasteiger charge is -2.09. The number of aromatic nitrogens is 4. The average molecular weight is 320 g/mol. The summed E-state index contributed by atoms with van der Waals surface area (Å²) in [5.74, 6) is 1.40. The molecular formula is C17H12N4O3. The van der Waals surface area contributed by atoms with E-state index in [4.69, 9.17) is 14.0 Å². The molecule has 0 aliphatic carbocycles. The van der Waals surface area contributed by atoms with Gasteiger partial charge in [0.15, 0.2) is 11.5 Å². The molecule has 0 bridgehead atoms. The molecule has 4 heterocycles. The van der Waals surface area contributed by atoms with E-state index in [9.17, 15) is 0 Å². The molecule has 0 saturated carbocycles. The Morgan fingerprint density at radius 1 is 0.917 bits per heavy atom. The number of H-pyrrole nitrogens is 2. The molecule has 5 rings (SSSR count). The van der Waals surface area contributed by atoms with E-state index in [2.05, 4.69) is 20.1 Å². The Bertz CT molecular complexity index is 962. The van der Waals surface area contributed by atoms with Gasteiger partial charge in [-0.15, -0.1) is 0 Å². The van der Waals surface area contributed by atoms with Gasteiger partial charge in [-0.1, -0.05) is 17.3 Å². The van der Waals surface area contributed by atoms with Crippen molar-refractivity contribution in [3.05, 3.63) is 60.7 Å². The van der Waals surface area contributed by atoms with Crippen LogP contribution in [0.1, 0.15) is 11.9 Å². The van der Waals surface area contributed by atoms with E-state index in [1.165, 1.54) is 6.26 Å². The molecule has 1 aliphatic heterocycles. The van der Waals surface area contributed by atoms with Gasteiger partial charge in [0.2, 0.25) is 0 Å². The first kappa shape index (κ1) is 13.0. The number of hydrogen-bond acceptors (Lipinski definition) is 5. The highest BCUT2D eigenvalue weighted by molar-refractivity contribution is 5.75. The minimum Gasteiger partial charge on any atom is -0.446 e. The Morgan fingerprint density at radius 2 is 1.75 bits per heavy atom. The van der Waals surface area contributed by atoms with Crippen LogP contribution in [0, 0.1) is 0 Å². The van der Waals surface area contributed by atoms with Crippen molar-refractivity contribution in [3.63, 3.8) is 0 Å². The Labute approximate surface area is 136 Å². The predicted molar refractivity (Wildman–Crippen MR) is 84.3 cm³/mol. The number of nitrogens with zero attached hydrogens (tertiary/aromatic N) is 2. The van der Waals surface area contributed by atoms with Crippen LogP contribution in [0.3, 0.4) is 0 Å².